The summed E-state index contributed by atoms with van der Waals surface area (Å²) in [5, 5.41) is 3.31. The van der Waals surface area contributed by atoms with Gasteiger partial charge < -0.3 is 15.1 Å². The molecule has 1 fully saturated rings. The van der Waals surface area contributed by atoms with Gasteiger partial charge in [-0.2, -0.15) is 0 Å². The average Bonchev–Trinajstić information content (AvgIpc) is 2.31. The molecule has 18 heavy (non-hydrogen) atoms. The van der Waals surface area contributed by atoms with Crippen LogP contribution in [-0.4, -0.2) is 50.7 Å². The molecular formula is C14H22BrN3. The number of rotatable bonds is 3. The lowest BCUT2D eigenvalue weighted by Gasteiger charge is -2.46. The van der Waals surface area contributed by atoms with Crippen LogP contribution in [0.1, 0.15) is 6.92 Å². The SMILES string of the molecule is CNCC1CN(C)CC(C)N1c1ccc(Br)cc1. The molecular weight excluding hydrogens is 290 g/mol. The number of nitrogens with zero attached hydrogens (tertiary/aromatic N) is 2. The number of hydrogen-bond donors (Lipinski definition) is 1. The van der Waals surface area contributed by atoms with Gasteiger partial charge in [0.1, 0.15) is 0 Å². The Kier molecular flexibility index (Phi) is 4.65. The van der Waals surface area contributed by atoms with Crippen molar-refractivity contribution in [3.05, 3.63) is 28.7 Å². The molecule has 1 saturated heterocycles. The highest BCUT2D eigenvalue weighted by Crippen LogP contribution is 2.25. The van der Waals surface area contributed by atoms with Crippen molar-refractivity contribution in [1.82, 2.24) is 10.2 Å². The van der Waals surface area contributed by atoms with E-state index in [4.69, 9.17) is 0 Å². The van der Waals surface area contributed by atoms with Crippen LogP contribution < -0.4 is 10.2 Å². The summed E-state index contributed by atoms with van der Waals surface area (Å²) in [4.78, 5) is 4.96. The maximum Gasteiger partial charge on any atom is 0.0544 e. The number of anilines is 1. The van der Waals surface area contributed by atoms with Crippen LogP contribution >= 0.6 is 15.9 Å². The minimum atomic E-state index is 0.532. The zero-order valence-corrected chi connectivity index (χ0v) is 12.9. The minimum Gasteiger partial charge on any atom is -0.362 e. The van der Waals surface area contributed by atoms with Gasteiger partial charge in [0.25, 0.3) is 0 Å². The van der Waals surface area contributed by atoms with E-state index in [2.05, 4.69) is 69.3 Å². The molecule has 1 aromatic carbocycles. The van der Waals surface area contributed by atoms with E-state index in [1.807, 2.05) is 7.05 Å². The van der Waals surface area contributed by atoms with Gasteiger partial charge in [-0.25, -0.2) is 0 Å². The quantitative estimate of drug-likeness (QED) is 0.923. The molecule has 3 nitrogen and oxygen atoms in total. The molecule has 2 unspecified atom stereocenters. The topological polar surface area (TPSA) is 18.5 Å². The summed E-state index contributed by atoms with van der Waals surface area (Å²) >= 11 is 3.50. The number of piperazine rings is 1. The summed E-state index contributed by atoms with van der Waals surface area (Å²) in [7, 11) is 4.23. The van der Waals surface area contributed by atoms with Crippen LogP contribution in [0.5, 0.6) is 0 Å². The first-order valence-corrected chi connectivity index (χ1v) is 7.28. The van der Waals surface area contributed by atoms with E-state index in [0.29, 0.717) is 12.1 Å². The first kappa shape index (κ1) is 13.8. The van der Waals surface area contributed by atoms with Crippen molar-refractivity contribution in [2.45, 2.75) is 19.0 Å². The monoisotopic (exact) mass is 311 g/mol. The van der Waals surface area contributed by atoms with Gasteiger partial charge in [0.05, 0.1) is 6.04 Å². The van der Waals surface area contributed by atoms with E-state index in [1.165, 1.54) is 5.69 Å². The molecule has 0 bridgehead atoms. The molecule has 2 rings (SSSR count). The fraction of sp³-hybridized carbons (Fsp3) is 0.571. The Bertz CT molecular complexity index is 379. The van der Waals surface area contributed by atoms with E-state index in [0.717, 1.165) is 24.1 Å². The van der Waals surface area contributed by atoms with Crippen LogP contribution in [0.3, 0.4) is 0 Å². The van der Waals surface area contributed by atoms with Gasteiger partial charge in [0.2, 0.25) is 0 Å². The fourth-order valence-electron chi connectivity index (χ4n) is 2.90. The minimum absolute atomic E-state index is 0.532. The molecule has 1 aliphatic heterocycles. The second-order valence-electron chi connectivity index (χ2n) is 5.17. The van der Waals surface area contributed by atoms with Gasteiger partial charge in [-0.3, -0.25) is 0 Å². The van der Waals surface area contributed by atoms with Crippen molar-refractivity contribution in [2.24, 2.45) is 0 Å². The standard InChI is InChI=1S/C14H22BrN3/c1-11-9-17(3)10-14(8-16-2)18(11)13-6-4-12(15)5-7-13/h4-7,11,14,16H,8-10H2,1-3H3. The lowest BCUT2D eigenvalue weighted by Crippen LogP contribution is -2.59. The summed E-state index contributed by atoms with van der Waals surface area (Å²) in [5.41, 5.74) is 1.32. The molecule has 0 radical (unpaired) electrons. The van der Waals surface area contributed by atoms with E-state index in [1.54, 1.807) is 0 Å². The highest BCUT2D eigenvalue weighted by molar-refractivity contribution is 9.10. The molecule has 0 saturated carbocycles. The van der Waals surface area contributed by atoms with Crippen molar-refractivity contribution in [3.63, 3.8) is 0 Å². The third kappa shape index (κ3) is 3.05. The van der Waals surface area contributed by atoms with Crippen LogP contribution in [0.2, 0.25) is 0 Å². The second kappa shape index (κ2) is 6.04. The van der Waals surface area contributed by atoms with Crippen molar-refractivity contribution < 1.29 is 0 Å². The summed E-state index contributed by atoms with van der Waals surface area (Å²) in [5.74, 6) is 0. The van der Waals surface area contributed by atoms with Crippen molar-refractivity contribution in [1.29, 1.82) is 0 Å². The molecule has 1 heterocycles. The van der Waals surface area contributed by atoms with Gasteiger partial charge in [0, 0.05) is 35.8 Å². The van der Waals surface area contributed by atoms with Crippen molar-refractivity contribution in [3.8, 4) is 0 Å². The number of halogens is 1. The van der Waals surface area contributed by atoms with E-state index in [9.17, 15) is 0 Å². The maximum atomic E-state index is 3.50. The molecule has 1 N–H and O–H groups in total. The van der Waals surface area contributed by atoms with Crippen molar-refractivity contribution in [2.75, 3.05) is 38.6 Å². The average molecular weight is 312 g/mol. The zero-order valence-electron chi connectivity index (χ0n) is 11.4. The lowest BCUT2D eigenvalue weighted by atomic mass is 10.1. The number of benzene rings is 1. The number of hydrogen-bond acceptors (Lipinski definition) is 3. The Morgan fingerprint density at radius 2 is 1.94 bits per heavy atom. The van der Waals surface area contributed by atoms with Gasteiger partial charge in [-0.05, 0) is 45.3 Å². The molecule has 0 amide bonds. The molecule has 0 aromatic heterocycles. The Balaban J connectivity index is 2.23. The molecule has 1 aliphatic rings. The van der Waals surface area contributed by atoms with Gasteiger partial charge in [0.15, 0.2) is 0 Å². The van der Waals surface area contributed by atoms with Gasteiger partial charge in [-0.15, -0.1) is 0 Å². The molecule has 0 spiro atoms. The normalized spacial score (nSPS) is 25.4. The lowest BCUT2D eigenvalue weighted by molar-refractivity contribution is 0.231. The van der Waals surface area contributed by atoms with Crippen LogP contribution in [0, 0.1) is 0 Å². The molecule has 1 aromatic rings. The summed E-state index contributed by atoms with van der Waals surface area (Å²) in [6.45, 7) is 5.56. The Hall–Kier alpha value is -0.580. The largest absolute Gasteiger partial charge is 0.362 e. The van der Waals surface area contributed by atoms with Gasteiger partial charge >= 0.3 is 0 Å². The first-order valence-electron chi connectivity index (χ1n) is 6.49. The maximum absolute atomic E-state index is 3.50. The molecule has 0 aliphatic carbocycles. The van der Waals surface area contributed by atoms with Gasteiger partial charge in [-0.1, -0.05) is 15.9 Å². The fourth-order valence-corrected chi connectivity index (χ4v) is 3.16. The summed E-state index contributed by atoms with van der Waals surface area (Å²) < 4.78 is 1.14. The van der Waals surface area contributed by atoms with E-state index < -0.39 is 0 Å². The second-order valence-corrected chi connectivity index (χ2v) is 6.08. The highest BCUT2D eigenvalue weighted by atomic mass is 79.9. The molecule has 100 valence electrons. The van der Waals surface area contributed by atoms with Crippen LogP contribution in [-0.2, 0) is 0 Å². The Morgan fingerprint density at radius 3 is 2.56 bits per heavy atom. The predicted molar refractivity (Wildman–Crippen MR) is 81.3 cm³/mol. The van der Waals surface area contributed by atoms with Crippen LogP contribution in [0.25, 0.3) is 0 Å². The smallest absolute Gasteiger partial charge is 0.0544 e. The molecule has 2 atom stereocenters. The summed E-state index contributed by atoms with van der Waals surface area (Å²) in [6, 6.07) is 9.73. The highest BCUT2D eigenvalue weighted by Gasteiger charge is 2.30. The van der Waals surface area contributed by atoms with Crippen LogP contribution in [0.4, 0.5) is 5.69 Å². The van der Waals surface area contributed by atoms with E-state index >= 15 is 0 Å². The zero-order chi connectivity index (χ0) is 13.1. The third-order valence-corrected chi connectivity index (χ3v) is 4.06. The number of likely N-dealkylation sites (N-methyl/N-ethyl adjacent to an activating group) is 2. The first-order chi connectivity index (χ1) is 8.61. The number of nitrogens with one attached hydrogen (secondary N) is 1. The Morgan fingerprint density at radius 1 is 1.28 bits per heavy atom. The van der Waals surface area contributed by atoms with Crippen molar-refractivity contribution >= 4 is 21.6 Å². The predicted octanol–water partition coefficient (Wildman–Crippen LogP) is 2.18. The van der Waals surface area contributed by atoms with E-state index in [-0.39, 0.29) is 0 Å². The molecule has 4 heteroatoms. The Labute approximate surface area is 118 Å². The summed E-state index contributed by atoms with van der Waals surface area (Å²) in [6.07, 6.45) is 0. The van der Waals surface area contributed by atoms with Crippen LogP contribution in [0.15, 0.2) is 28.7 Å². The third-order valence-electron chi connectivity index (χ3n) is 3.53.